The minimum atomic E-state index is -0.256. The Bertz CT molecular complexity index is 1400. The van der Waals surface area contributed by atoms with E-state index in [1.54, 1.807) is 13.2 Å². The summed E-state index contributed by atoms with van der Waals surface area (Å²) in [5.74, 6) is 0.887. The number of hydrogen-bond acceptors (Lipinski definition) is 3. The summed E-state index contributed by atoms with van der Waals surface area (Å²) in [6.45, 7) is 0.767. The van der Waals surface area contributed by atoms with Crippen LogP contribution >= 0.6 is 0 Å². The summed E-state index contributed by atoms with van der Waals surface area (Å²) in [6, 6.07) is 23.0. The van der Waals surface area contributed by atoms with Gasteiger partial charge >= 0.3 is 0 Å². The molecule has 1 fully saturated rings. The number of ether oxygens (including phenoxy) is 1. The lowest BCUT2D eigenvalue weighted by molar-refractivity contribution is -0.123. The predicted octanol–water partition coefficient (Wildman–Crippen LogP) is 5.14. The second kappa shape index (κ2) is 8.65. The van der Waals surface area contributed by atoms with Crippen LogP contribution in [0, 0.1) is 11.7 Å². The summed E-state index contributed by atoms with van der Waals surface area (Å²) in [5, 5.41) is 4.65. The largest absolute Gasteiger partial charge is 0.497 e. The topological polar surface area (TPSA) is 54.1 Å². The number of rotatable bonds is 5. The van der Waals surface area contributed by atoms with E-state index in [9.17, 15) is 9.18 Å². The number of carbonyl (C=O) groups is 1. The van der Waals surface area contributed by atoms with Gasteiger partial charge in [-0.1, -0.05) is 42.5 Å². The third-order valence-electron chi connectivity index (χ3n) is 8.13. The van der Waals surface area contributed by atoms with Crippen LogP contribution < -0.4 is 10.1 Å². The van der Waals surface area contributed by atoms with Crippen molar-refractivity contribution in [2.24, 2.45) is 5.92 Å². The van der Waals surface area contributed by atoms with E-state index in [0.29, 0.717) is 6.42 Å². The smallest absolute Gasteiger partial charge is 0.154 e. The average molecular weight is 469 g/mol. The highest BCUT2D eigenvalue weighted by Gasteiger charge is 2.51. The fourth-order valence-corrected chi connectivity index (χ4v) is 6.47. The minimum absolute atomic E-state index is 0.0797. The molecule has 2 heterocycles. The zero-order valence-corrected chi connectivity index (χ0v) is 19.8. The molecule has 0 bridgehead atoms. The van der Waals surface area contributed by atoms with Gasteiger partial charge in [0.15, 0.2) is 5.78 Å². The summed E-state index contributed by atoms with van der Waals surface area (Å²) in [4.78, 5) is 17.3. The third kappa shape index (κ3) is 3.75. The van der Waals surface area contributed by atoms with Gasteiger partial charge in [0.25, 0.3) is 0 Å². The molecule has 3 atom stereocenters. The van der Waals surface area contributed by atoms with Crippen molar-refractivity contribution in [3.63, 3.8) is 0 Å². The van der Waals surface area contributed by atoms with Crippen LogP contribution in [0.2, 0.25) is 0 Å². The molecular formula is C30H29FN2O2. The molecule has 0 amide bonds. The number of aromatic nitrogens is 1. The normalized spacial score (nSPS) is 23.5. The molecule has 178 valence electrons. The van der Waals surface area contributed by atoms with E-state index in [0.717, 1.165) is 53.7 Å². The summed E-state index contributed by atoms with van der Waals surface area (Å²) >= 11 is 0. The number of piperidine rings is 1. The molecular weight excluding hydrogens is 439 g/mol. The van der Waals surface area contributed by atoms with Crippen LogP contribution in [0.4, 0.5) is 4.39 Å². The van der Waals surface area contributed by atoms with E-state index >= 15 is 0 Å². The van der Waals surface area contributed by atoms with Crippen LogP contribution in [-0.2, 0) is 29.5 Å². The van der Waals surface area contributed by atoms with Gasteiger partial charge in [-0.3, -0.25) is 4.79 Å². The van der Waals surface area contributed by atoms with Crippen molar-refractivity contribution in [1.82, 2.24) is 10.3 Å². The molecule has 4 aromatic rings. The second-order valence-corrected chi connectivity index (χ2v) is 9.96. The highest BCUT2D eigenvalue weighted by Crippen LogP contribution is 2.50. The Morgan fingerprint density at radius 2 is 1.94 bits per heavy atom. The molecule has 5 heteroatoms. The monoisotopic (exact) mass is 468 g/mol. The molecule has 0 saturated carbocycles. The van der Waals surface area contributed by atoms with Gasteiger partial charge in [-0.05, 0) is 78.7 Å². The number of carbonyl (C=O) groups excluding carboxylic acids is 1. The maximum Gasteiger partial charge on any atom is 0.154 e. The Morgan fingerprint density at radius 1 is 1.09 bits per heavy atom. The number of ketones is 1. The van der Waals surface area contributed by atoms with E-state index in [1.165, 1.54) is 17.2 Å². The Balaban J connectivity index is 1.47. The molecule has 1 aromatic heterocycles. The number of hydrogen-bond donors (Lipinski definition) is 2. The van der Waals surface area contributed by atoms with Gasteiger partial charge in [-0.2, -0.15) is 0 Å². The summed E-state index contributed by atoms with van der Waals surface area (Å²) in [5.41, 5.74) is 5.22. The quantitative estimate of drug-likeness (QED) is 0.426. The number of nitrogens with one attached hydrogen (secondary N) is 2. The van der Waals surface area contributed by atoms with Gasteiger partial charge in [0.1, 0.15) is 11.6 Å². The lowest BCUT2D eigenvalue weighted by Crippen LogP contribution is -2.60. The van der Waals surface area contributed by atoms with Gasteiger partial charge in [-0.25, -0.2) is 4.39 Å². The molecule has 35 heavy (non-hydrogen) atoms. The van der Waals surface area contributed by atoms with E-state index in [4.69, 9.17) is 4.74 Å². The number of aromatic amines is 1. The highest BCUT2D eigenvalue weighted by molar-refractivity contribution is 5.88. The molecule has 2 aliphatic rings. The van der Waals surface area contributed by atoms with Gasteiger partial charge in [0.05, 0.1) is 13.2 Å². The van der Waals surface area contributed by atoms with Crippen molar-refractivity contribution < 1.29 is 13.9 Å². The van der Waals surface area contributed by atoms with Crippen LogP contribution in [0.25, 0.3) is 10.9 Å². The molecule has 0 radical (unpaired) electrons. The van der Waals surface area contributed by atoms with Gasteiger partial charge < -0.3 is 15.0 Å². The molecule has 1 aliphatic heterocycles. The van der Waals surface area contributed by atoms with E-state index < -0.39 is 0 Å². The van der Waals surface area contributed by atoms with Crippen LogP contribution in [0.15, 0.2) is 72.8 Å². The van der Waals surface area contributed by atoms with E-state index in [2.05, 4.69) is 22.4 Å². The second-order valence-electron chi connectivity index (χ2n) is 9.96. The molecule has 1 saturated heterocycles. The summed E-state index contributed by atoms with van der Waals surface area (Å²) in [7, 11) is 1.69. The lowest BCUT2D eigenvalue weighted by atomic mass is 9.56. The Kier molecular flexibility index (Phi) is 5.45. The molecule has 3 aromatic carbocycles. The lowest BCUT2D eigenvalue weighted by Gasteiger charge is -2.51. The number of fused-ring (bicyclic) bond motifs is 4. The van der Waals surface area contributed by atoms with Gasteiger partial charge in [0, 0.05) is 28.4 Å². The molecule has 0 spiro atoms. The van der Waals surface area contributed by atoms with Crippen LogP contribution in [0.5, 0.6) is 5.75 Å². The molecule has 4 nitrogen and oxygen atoms in total. The van der Waals surface area contributed by atoms with Crippen molar-refractivity contribution >= 4 is 16.7 Å². The van der Waals surface area contributed by atoms with Gasteiger partial charge in [0.2, 0.25) is 0 Å². The van der Waals surface area contributed by atoms with Crippen LogP contribution in [0.1, 0.15) is 28.8 Å². The number of benzene rings is 3. The summed E-state index contributed by atoms with van der Waals surface area (Å²) < 4.78 is 19.6. The fraction of sp³-hybridized carbons (Fsp3) is 0.300. The number of methoxy groups -OCH3 is 1. The van der Waals surface area contributed by atoms with Crippen molar-refractivity contribution in [2.75, 3.05) is 13.7 Å². The first-order valence-corrected chi connectivity index (χ1v) is 12.3. The van der Waals surface area contributed by atoms with E-state index in [1.807, 2.05) is 48.5 Å². The zero-order chi connectivity index (χ0) is 24.0. The van der Waals surface area contributed by atoms with Crippen molar-refractivity contribution in [3.8, 4) is 5.75 Å². The molecule has 6 rings (SSSR count). The number of halogens is 1. The predicted molar refractivity (Wildman–Crippen MR) is 135 cm³/mol. The first-order chi connectivity index (χ1) is 17.1. The Morgan fingerprint density at radius 3 is 2.77 bits per heavy atom. The fourth-order valence-electron chi connectivity index (χ4n) is 6.47. The van der Waals surface area contributed by atoms with Crippen molar-refractivity contribution in [3.05, 3.63) is 101 Å². The standard InChI is InChI=1S/C30H29FN2O2/c1-35-22-9-5-8-20(15-22)30-12-13-32-29(28(34)14-19-6-3-2-4-7-19)25(30)17-24-23-11-10-21(31)16-26(23)33-27(24)18-30/h2-11,15-16,25,29,32-33H,12-14,17-18H2,1H3/t25?,29?,30-/m1/s1. The first kappa shape index (κ1) is 22.1. The van der Waals surface area contributed by atoms with Crippen molar-refractivity contribution in [1.29, 1.82) is 0 Å². The third-order valence-corrected chi connectivity index (χ3v) is 8.13. The van der Waals surface area contributed by atoms with E-state index in [-0.39, 0.29) is 29.0 Å². The highest BCUT2D eigenvalue weighted by atomic mass is 19.1. The number of H-pyrrole nitrogens is 1. The number of Topliss-reactive ketones (excluding diaryl/α,β-unsaturated/α-hetero) is 1. The summed E-state index contributed by atoms with van der Waals surface area (Å²) in [6.07, 6.45) is 2.88. The maximum atomic E-state index is 14.0. The minimum Gasteiger partial charge on any atom is -0.497 e. The zero-order valence-electron chi connectivity index (χ0n) is 19.8. The van der Waals surface area contributed by atoms with Crippen LogP contribution in [-0.4, -0.2) is 30.5 Å². The van der Waals surface area contributed by atoms with Gasteiger partial charge in [-0.15, -0.1) is 0 Å². The molecule has 1 aliphatic carbocycles. The Hall–Kier alpha value is -3.44. The van der Waals surface area contributed by atoms with Crippen LogP contribution in [0.3, 0.4) is 0 Å². The first-order valence-electron chi connectivity index (χ1n) is 12.3. The SMILES string of the molecule is COc1cccc([C@]23CCNC(C(=O)Cc4ccccc4)C2Cc2c([nH]c4cc(F)ccc24)C3)c1. The maximum absolute atomic E-state index is 14.0. The molecule has 2 N–H and O–H groups in total. The average Bonchev–Trinajstić information content (AvgIpc) is 3.23. The molecule has 2 unspecified atom stereocenters. The van der Waals surface area contributed by atoms with Crippen molar-refractivity contribution in [2.45, 2.75) is 37.1 Å². The Labute approximate surface area is 204 Å².